The topological polar surface area (TPSA) is 34.1 Å². The molecule has 3 heteroatoms. The zero-order valence-corrected chi connectivity index (χ0v) is 13.9. The molecule has 0 N–H and O–H groups in total. The lowest BCUT2D eigenvalue weighted by molar-refractivity contribution is -0.111. The molecule has 0 bridgehead atoms. The Morgan fingerprint density at radius 3 is 1.87 bits per heavy atom. The average Bonchev–Trinajstić information content (AvgIpc) is 2.58. The maximum absolute atomic E-state index is 12.2. The van der Waals surface area contributed by atoms with Crippen molar-refractivity contribution in [3.05, 3.63) is 60.2 Å². The summed E-state index contributed by atoms with van der Waals surface area (Å²) in [5.74, 6) is 0.179. The minimum atomic E-state index is -0.278. The second-order valence-corrected chi connectivity index (χ2v) is 6.06. The van der Waals surface area contributed by atoms with Crippen molar-refractivity contribution in [1.82, 2.24) is 0 Å². The van der Waals surface area contributed by atoms with Crippen LogP contribution in [0, 0.1) is 0 Å². The number of halogens is 1. The zero-order chi connectivity index (χ0) is 16.5. The zero-order valence-electron chi connectivity index (χ0n) is 13.1. The van der Waals surface area contributed by atoms with Crippen molar-refractivity contribution in [1.29, 1.82) is 0 Å². The van der Waals surface area contributed by atoms with Gasteiger partial charge < -0.3 is 0 Å². The summed E-state index contributed by atoms with van der Waals surface area (Å²) in [5.41, 5.74) is 3.04. The lowest BCUT2D eigenvalue weighted by atomic mass is 10.00. The van der Waals surface area contributed by atoms with Crippen LogP contribution in [-0.4, -0.2) is 11.0 Å². The lowest BCUT2D eigenvalue weighted by Crippen LogP contribution is -1.98. The standard InChI is InChI=1S/C20H21ClO2/c21-20(23)11-7-2-1-6-10-19(22)18-14-12-17(13-15-18)16-8-4-3-5-9-16/h3-5,8-9,12-15H,1-2,6-7,10-11H2. The first-order valence-electron chi connectivity index (χ1n) is 8.04. The van der Waals surface area contributed by atoms with E-state index in [2.05, 4.69) is 12.1 Å². The quantitative estimate of drug-likeness (QED) is 0.339. The van der Waals surface area contributed by atoms with Crippen LogP contribution in [0.15, 0.2) is 54.6 Å². The van der Waals surface area contributed by atoms with Crippen LogP contribution in [0.25, 0.3) is 11.1 Å². The highest BCUT2D eigenvalue weighted by Crippen LogP contribution is 2.20. The summed E-state index contributed by atoms with van der Waals surface area (Å²) in [5, 5.41) is -0.278. The van der Waals surface area contributed by atoms with Crippen molar-refractivity contribution >= 4 is 22.6 Å². The van der Waals surface area contributed by atoms with Crippen molar-refractivity contribution in [2.45, 2.75) is 38.5 Å². The van der Waals surface area contributed by atoms with Gasteiger partial charge in [0.15, 0.2) is 5.78 Å². The van der Waals surface area contributed by atoms with Crippen molar-refractivity contribution in [2.24, 2.45) is 0 Å². The first kappa shape index (κ1) is 17.4. The van der Waals surface area contributed by atoms with E-state index in [-0.39, 0.29) is 11.0 Å². The van der Waals surface area contributed by atoms with Crippen LogP contribution >= 0.6 is 11.6 Å². The fourth-order valence-electron chi connectivity index (χ4n) is 2.53. The van der Waals surface area contributed by atoms with Gasteiger partial charge in [-0.15, -0.1) is 0 Å². The summed E-state index contributed by atoms with van der Waals surface area (Å²) >= 11 is 5.29. The predicted octanol–water partition coefficient (Wildman–Crippen LogP) is 5.64. The van der Waals surface area contributed by atoms with E-state index in [9.17, 15) is 9.59 Å². The average molecular weight is 329 g/mol. The number of hydrogen-bond donors (Lipinski definition) is 0. The van der Waals surface area contributed by atoms with E-state index in [1.54, 1.807) is 0 Å². The predicted molar refractivity (Wildman–Crippen MR) is 94.8 cm³/mol. The number of benzene rings is 2. The van der Waals surface area contributed by atoms with Crippen LogP contribution in [0.5, 0.6) is 0 Å². The molecule has 0 unspecified atom stereocenters. The summed E-state index contributed by atoms with van der Waals surface area (Å²) in [6.45, 7) is 0. The Bertz CT molecular complexity index is 632. The van der Waals surface area contributed by atoms with Gasteiger partial charge in [0.25, 0.3) is 0 Å². The summed E-state index contributed by atoms with van der Waals surface area (Å²) in [6.07, 6.45) is 4.55. The highest BCUT2D eigenvalue weighted by molar-refractivity contribution is 6.63. The summed E-state index contributed by atoms with van der Waals surface area (Å²) in [4.78, 5) is 22.8. The van der Waals surface area contributed by atoms with Crippen molar-refractivity contribution < 1.29 is 9.59 Å². The minimum Gasteiger partial charge on any atom is -0.294 e. The van der Waals surface area contributed by atoms with Gasteiger partial charge in [-0.1, -0.05) is 67.4 Å². The summed E-state index contributed by atoms with van der Waals surface area (Å²) in [6, 6.07) is 17.9. The molecule has 0 aliphatic rings. The molecule has 0 saturated carbocycles. The monoisotopic (exact) mass is 328 g/mol. The molecule has 0 radical (unpaired) electrons. The Morgan fingerprint density at radius 2 is 1.26 bits per heavy atom. The van der Waals surface area contributed by atoms with Crippen molar-refractivity contribution in [3.8, 4) is 11.1 Å². The SMILES string of the molecule is O=C(Cl)CCCCCCC(=O)c1ccc(-c2ccccc2)cc1. The molecule has 0 amide bonds. The van der Waals surface area contributed by atoms with Gasteiger partial charge in [-0.3, -0.25) is 9.59 Å². The van der Waals surface area contributed by atoms with Gasteiger partial charge in [0.1, 0.15) is 0 Å². The number of carbonyl (C=O) groups is 2. The van der Waals surface area contributed by atoms with E-state index in [0.29, 0.717) is 12.8 Å². The molecule has 0 spiro atoms. The van der Waals surface area contributed by atoms with Crippen LogP contribution in [0.3, 0.4) is 0 Å². The van der Waals surface area contributed by atoms with Gasteiger partial charge in [-0.05, 0) is 35.6 Å². The van der Waals surface area contributed by atoms with Crippen molar-refractivity contribution in [3.63, 3.8) is 0 Å². The van der Waals surface area contributed by atoms with Gasteiger partial charge in [0.05, 0.1) is 0 Å². The third-order valence-electron chi connectivity index (χ3n) is 3.84. The Labute approximate surface area is 142 Å². The van der Waals surface area contributed by atoms with Crippen LogP contribution in [0.4, 0.5) is 0 Å². The normalized spacial score (nSPS) is 10.5. The van der Waals surface area contributed by atoms with Gasteiger partial charge >= 0.3 is 0 Å². The highest BCUT2D eigenvalue weighted by Gasteiger charge is 2.06. The Hall–Kier alpha value is -1.93. The Morgan fingerprint density at radius 1 is 0.696 bits per heavy atom. The van der Waals surface area contributed by atoms with Crippen LogP contribution in [0.1, 0.15) is 48.9 Å². The number of unbranched alkanes of at least 4 members (excludes halogenated alkanes) is 3. The molecule has 2 aromatic rings. The second-order valence-electron chi connectivity index (χ2n) is 5.64. The molecule has 120 valence electrons. The number of carbonyl (C=O) groups excluding carboxylic acids is 2. The lowest BCUT2D eigenvalue weighted by Gasteiger charge is -2.04. The van der Waals surface area contributed by atoms with E-state index in [1.165, 1.54) is 0 Å². The third kappa shape index (κ3) is 5.99. The van der Waals surface area contributed by atoms with E-state index in [1.807, 2.05) is 42.5 Å². The maximum atomic E-state index is 12.2. The third-order valence-corrected chi connectivity index (χ3v) is 4.03. The summed E-state index contributed by atoms with van der Waals surface area (Å²) in [7, 11) is 0. The van der Waals surface area contributed by atoms with Gasteiger partial charge in [-0.25, -0.2) is 0 Å². The molecule has 2 rings (SSSR count). The highest BCUT2D eigenvalue weighted by atomic mass is 35.5. The molecule has 23 heavy (non-hydrogen) atoms. The fourth-order valence-corrected chi connectivity index (χ4v) is 2.66. The molecular weight excluding hydrogens is 308 g/mol. The minimum absolute atomic E-state index is 0.179. The summed E-state index contributed by atoms with van der Waals surface area (Å²) < 4.78 is 0. The molecule has 0 aliphatic carbocycles. The number of hydrogen-bond acceptors (Lipinski definition) is 2. The first-order valence-corrected chi connectivity index (χ1v) is 8.41. The van der Waals surface area contributed by atoms with E-state index >= 15 is 0 Å². The molecule has 0 fully saturated rings. The van der Waals surface area contributed by atoms with E-state index in [4.69, 9.17) is 11.6 Å². The Kier molecular flexibility index (Phi) is 7.02. The molecular formula is C20H21ClO2. The smallest absolute Gasteiger partial charge is 0.221 e. The molecule has 0 saturated heterocycles. The Balaban J connectivity index is 1.78. The molecule has 2 aromatic carbocycles. The van der Waals surface area contributed by atoms with Crippen LogP contribution in [0.2, 0.25) is 0 Å². The number of ketones is 1. The largest absolute Gasteiger partial charge is 0.294 e. The van der Waals surface area contributed by atoms with Crippen molar-refractivity contribution in [2.75, 3.05) is 0 Å². The van der Waals surface area contributed by atoms with Crippen LogP contribution < -0.4 is 0 Å². The van der Waals surface area contributed by atoms with E-state index in [0.717, 1.165) is 42.4 Å². The molecule has 0 aliphatic heterocycles. The molecule has 0 aromatic heterocycles. The molecule has 2 nitrogen and oxygen atoms in total. The maximum Gasteiger partial charge on any atom is 0.221 e. The number of Topliss-reactive ketones (excluding diaryl/α,β-unsaturated/α-hetero) is 1. The van der Waals surface area contributed by atoms with Gasteiger partial charge in [0, 0.05) is 18.4 Å². The van der Waals surface area contributed by atoms with Crippen LogP contribution in [-0.2, 0) is 4.79 Å². The second kappa shape index (κ2) is 9.26. The van der Waals surface area contributed by atoms with E-state index < -0.39 is 0 Å². The fraction of sp³-hybridized carbons (Fsp3) is 0.300. The molecule has 0 heterocycles. The van der Waals surface area contributed by atoms with Gasteiger partial charge in [-0.2, -0.15) is 0 Å². The first-order chi connectivity index (χ1) is 11.2. The molecule has 0 atom stereocenters. The number of rotatable bonds is 9. The van der Waals surface area contributed by atoms with Gasteiger partial charge in [0.2, 0.25) is 5.24 Å².